The molecule has 1 saturated heterocycles. The lowest BCUT2D eigenvalue weighted by atomic mass is 9.95. The monoisotopic (exact) mass is 376 g/mol. The highest BCUT2D eigenvalue weighted by Gasteiger charge is 2.24. The molecule has 0 spiro atoms. The molecule has 0 bridgehead atoms. The van der Waals surface area contributed by atoms with Crippen molar-refractivity contribution in [3.05, 3.63) is 24.2 Å². The standard InChI is InChI=1S/C21H36N4O2/c26-21(23-13-8-12-22-18-9-3-1-4-10-18)24-17-19(20-11-7-16-27-20)25-14-5-2-6-15-25/h7,11,16,18-19,22H,1-6,8-10,12-15,17H2,(H2,23,24,26). The summed E-state index contributed by atoms with van der Waals surface area (Å²) in [6.45, 7) is 4.41. The first-order valence-electron chi connectivity index (χ1n) is 10.9. The fraction of sp³-hybridized carbons (Fsp3) is 0.762. The fourth-order valence-electron chi connectivity index (χ4n) is 4.28. The fourth-order valence-corrected chi connectivity index (χ4v) is 4.28. The Hall–Kier alpha value is -1.53. The summed E-state index contributed by atoms with van der Waals surface area (Å²) >= 11 is 0. The van der Waals surface area contributed by atoms with Gasteiger partial charge in [0.25, 0.3) is 0 Å². The summed E-state index contributed by atoms with van der Waals surface area (Å²) in [7, 11) is 0. The number of carbonyl (C=O) groups is 1. The van der Waals surface area contributed by atoms with Crippen LogP contribution in [0, 0.1) is 0 Å². The van der Waals surface area contributed by atoms with Gasteiger partial charge in [-0.15, -0.1) is 0 Å². The largest absolute Gasteiger partial charge is 0.468 e. The molecule has 2 amide bonds. The van der Waals surface area contributed by atoms with E-state index in [1.807, 2.05) is 12.1 Å². The number of nitrogens with one attached hydrogen (secondary N) is 3. The van der Waals surface area contributed by atoms with E-state index in [1.54, 1.807) is 6.26 Å². The van der Waals surface area contributed by atoms with Crippen LogP contribution in [0.2, 0.25) is 0 Å². The van der Waals surface area contributed by atoms with Gasteiger partial charge in [0.2, 0.25) is 0 Å². The second-order valence-corrected chi connectivity index (χ2v) is 7.91. The van der Waals surface area contributed by atoms with Gasteiger partial charge in [0.05, 0.1) is 12.3 Å². The van der Waals surface area contributed by atoms with E-state index >= 15 is 0 Å². The Labute approximate surface area is 163 Å². The van der Waals surface area contributed by atoms with Crippen LogP contribution in [0.4, 0.5) is 4.79 Å². The van der Waals surface area contributed by atoms with E-state index in [2.05, 4.69) is 20.9 Å². The predicted octanol–water partition coefficient (Wildman–Crippen LogP) is 3.42. The van der Waals surface area contributed by atoms with Crippen molar-refractivity contribution in [3.8, 4) is 0 Å². The third kappa shape index (κ3) is 6.85. The predicted molar refractivity (Wildman–Crippen MR) is 108 cm³/mol. The van der Waals surface area contributed by atoms with Gasteiger partial charge >= 0.3 is 6.03 Å². The Morgan fingerprint density at radius 2 is 1.85 bits per heavy atom. The normalized spacial score (nSPS) is 20.3. The summed E-state index contributed by atoms with van der Waals surface area (Å²) in [5, 5.41) is 9.64. The second-order valence-electron chi connectivity index (χ2n) is 7.91. The van der Waals surface area contributed by atoms with Gasteiger partial charge in [-0.1, -0.05) is 25.7 Å². The molecule has 3 rings (SSSR count). The van der Waals surface area contributed by atoms with Crippen LogP contribution in [0.1, 0.15) is 69.6 Å². The summed E-state index contributed by atoms with van der Waals surface area (Å²) in [6.07, 6.45) is 13.1. The number of carbonyl (C=O) groups excluding carboxylic acids is 1. The van der Waals surface area contributed by atoms with Gasteiger partial charge in [-0.2, -0.15) is 0 Å². The van der Waals surface area contributed by atoms with Crippen molar-refractivity contribution in [1.82, 2.24) is 20.9 Å². The number of hydrogen-bond donors (Lipinski definition) is 3. The molecule has 6 heteroatoms. The minimum Gasteiger partial charge on any atom is -0.468 e. The van der Waals surface area contributed by atoms with E-state index in [-0.39, 0.29) is 12.1 Å². The van der Waals surface area contributed by atoms with Crippen LogP contribution in [0.5, 0.6) is 0 Å². The first-order valence-corrected chi connectivity index (χ1v) is 10.9. The molecule has 0 aromatic carbocycles. The van der Waals surface area contributed by atoms with Crippen LogP contribution in [-0.2, 0) is 0 Å². The maximum atomic E-state index is 12.2. The highest BCUT2D eigenvalue weighted by molar-refractivity contribution is 5.73. The smallest absolute Gasteiger partial charge is 0.314 e. The van der Waals surface area contributed by atoms with Crippen LogP contribution >= 0.6 is 0 Å². The Morgan fingerprint density at radius 1 is 1.07 bits per heavy atom. The molecule has 1 aromatic rings. The highest BCUT2D eigenvalue weighted by atomic mass is 16.3. The average Bonchev–Trinajstić information content (AvgIpc) is 3.24. The van der Waals surface area contributed by atoms with Gasteiger partial charge in [0.1, 0.15) is 5.76 Å². The number of urea groups is 1. The molecular weight excluding hydrogens is 340 g/mol. The zero-order chi connectivity index (χ0) is 18.7. The summed E-state index contributed by atoms with van der Waals surface area (Å²) < 4.78 is 5.63. The van der Waals surface area contributed by atoms with E-state index in [1.165, 1.54) is 51.4 Å². The third-order valence-corrected chi connectivity index (χ3v) is 5.84. The number of furan rings is 1. The molecule has 152 valence electrons. The molecule has 1 atom stereocenters. The molecule has 6 nitrogen and oxygen atoms in total. The van der Waals surface area contributed by atoms with Crippen molar-refractivity contribution in [2.24, 2.45) is 0 Å². The van der Waals surface area contributed by atoms with E-state index < -0.39 is 0 Å². The second kappa shape index (κ2) is 11.3. The Bertz CT molecular complexity index is 522. The maximum absolute atomic E-state index is 12.2. The zero-order valence-electron chi connectivity index (χ0n) is 16.5. The maximum Gasteiger partial charge on any atom is 0.314 e. The summed E-state index contributed by atoms with van der Waals surface area (Å²) in [5.74, 6) is 0.939. The number of nitrogens with zero attached hydrogens (tertiary/aromatic N) is 1. The first kappa shape index (κ1) is 20.2. The lowest BCUT2D eigenvalue weighted by Gasteiger charge is -2.33. The topological polar surface area (TPSA) is 69.5 Å². The van der Waals surface area contributed by atoms with Crippen molar-refractivity contribution < 1.29 is 9.21 Å². The Kier molecular flexibility index (Phi) is 8.49. The van der Waals surface area contributed by atoms with E-state index in [4.69, 9.17) is 4.42 Å². The van der Waals surface area contributed by atoms with Crippen LogP contribution in [0.3, 0.4) is 0 Å². The summed E-state index contributed by atoms with van der Waals surface area (Å²) in [5.41, 5.74) is 0. The Morgan fingerprint density at radius 3 is 2.59 bits per heavy atom. The SMILES string of the molecule is O=C(NCCCNC1CCCCC1)NCC(c1ccco1)N1CCCCC1. The van der Waals surface area contributed by atoms with E-state index in [0.717, 1.165) is 31.8 Å². The molecule has 0 radical (unpaired) electrons. The number of rotatable bonds is 9. The molecule has 2 heterocycles. The van der Waals surface area contributed by atoms with Crippen LogP contribution < -0.4 is 16.0 Å². The van der Waals surface area contributed by atoms with Crippen molar-refractivity contribution in [2.45, 2.75) is 69.9 Å². The number of hydrogen-bond acceptors (Lipinski definition) is 4. The third-order valence-electron chi connectivity index (χ3n) is 5.84. The molecule has 2 aliphatic rings. The summed E-state index contributed by atoms with van der Waals surface area (Å²) in [6, 6.07) is 4.66. The van der Waals surface area contributed by atoms with Gasteiger partial charge in [-0.05, 0) is 63.9 Å². The molecular formula is C21H36N4O2. The van der Waals surface area contributed by atoms with Gasteiger partial charge in [-0.25, -0.2) is 4.79 Å². The van der Waals surface area contributed by atoms with E-state index in [9.17, 15) is 4.79 Å². The van der Waals surface area contributed by atoms with Crippen LogP contribution in [0.25, 0.3) is 0 Å². The lowest BCUT2D eigenvalue weighted by Crippen LogP contribution is -2.44. The molecule has 3 N–H and O–H groups in total. The van der Waals surface area contributed by atoms with Gasteiger partial charge in [0, 0.05) is 19.1 Å². The van der Waals surface area contributed by atoms with Gasteiger partial charge in [-0.3, -0.25) is 4.90 Å². The molecule has 1 saturated carbocycles. The highest BCUT2D eigenvalue weighted by Crippen LogP contribution is 2.24. The van der Waals surface area contributed by atoms with Crippen molar-refractivity contribution in [2.75, 3.05) is 32.7 Å². The van der Waals surface area contributed by atoms with Crippen LogP contribution in [0.15, 0.2) is 22.8 Å². The number of amides is 2. The lowest BCUT2D eigenvalue weighted by molar-refractivity contribution is 0.143. The number of likely N-dealkylation sites (tertiary alicyclic amines) is 1. The zero-order valence-corrected chi connectivity index (χ0v) is 16.5. The average molecular weight is 377 g/mol. The van der Waals surface area contributed by atoms with Crippen molar-refractivity contribution >= 4 is 6.03 Å². The molecule has 1 aliphatic heterocycles. The van der Waals surface area contributed by atoms with Gasteiger partial charge < -0.3 is 20.4 Å². The number of piperidine rings is 1. The summed E-state index contributed by atoms with van der Waals surface area (Å²) in [4.78, 5) is 14.6. The van der Waals surface area contributed by atoms with Gasteiger partial charge in [0.15, 0.2) is 0 Å². The van der Waals surface area contributed by atoms with Crippen molar-refractivity contribution in [3.63, 3.8) is 0 Å². The Balaban J connectivity index is 1.32. The quantitative estimate of drug-likeness (QED) is 0.578. The van der Waals surface area contributed by atoms with E-state index in [0.29, 0.717) is 19.1 Å². The molecule has 27 heavy (non-hydrogen) atoms. The molecule has 1 aromatic heterocycles. The molecule has 2 fully saturated rings. The van der Waals surface area contributed by atoms with Crippen LogP contribution in [-0.4, -0.2) is 49.7 Å². The first-order chi connectivity index (χ1) is 13.3. The minimum absolute atomic E-state index is 0.0822. The van der Waals surface area contributed by atoms with Crippen molar-refractivity contribution in [1.29, 1.82) is 0 Å². The molecule has 1 aliphatic carbocycles. The molecule has 1 unspecified atom stereocenters. The minimum atomic E-state index is -0.0822.